The average molecular weight is 833 g/mol. The van der Waals surface area contributed by atoms with Gasteiger partial charge < -0.3 is 18.9 Å². The minimum Gasteiger partial charge on any atom is -0.462 e. The van der Waals surface area contributed by atoms with Crippen LogP contribution < -0.4 is 0 Å². The lowest BCUT2D eigenvalue weighted by molar-refractivity contribution is -0.870. The molecule has 0 heterocycles. The minimum atomic E-state index is -4.40. The zero-order valence-corrected chi connectivity index (χ0v) is 38.1. The van der Waals surface area contributed by atoms with E-state index in [1.165, 1.54) is 57.8 Å². The Hall–Kier alpha value is -2.81. The first-order valence-corrected chi connectivity index (χ1v) is 23.8. The van der Waals surface area contributed by atoms with E-state index in [1.54, 1.807) is 0 Å². The Morgan fingerprint density at radius 2 is 0.983 bits per heavy atom. The molecule has 1 unspecified atom stereocenters. The fourth-order valence-electron chi connectivity index (χ4n) is 5.44. The molecule has 0 amide bonds. The van der Waals surface area contributed by atoms with Crippen LogP contribution in [0.2, 0.25) is 0 Å². The lowest BCUT2D eigenvalue weighted by atomic mass is 10.1. The summed E-state index contributed by atoms with van der Waals surface area (Å²) < 4.78 is 34.2. The Morgan fingerprint density at radius 3 is 1.47 bits per heavy atom. The van der Waals surface area contributed by atoms with Gasteiger partial charge in [0.05, 0.1) is 27.7 Å². The van der Waals surface area contributed by atoms with Crippen molar-refractivity contribution in [1.29, 1.82) is 0 Å². The van der Waals surface area contributed by atoms with Crippen molar-refractivity contribution in [3.63, 3.8) is 0 Å². The monoisotopic (exact) mass is 833 g/mol. The molecule has 332 valence electrons. The number of hydrogen-bond acceptors (Lipinski definition) is 7. The zero-order chi connectivity index (χ0) is 42.8. The van der Waals surface area contributed by atoms with E-state index < -0.39 is 32.5 Å². The minimum absolute atomic E-state index is 0.0111. The number of ether oxygens (including phenoxy) is 2. The molecule has 0 saturated carbocycles. The summed E-state index contributed by atoms with van der Waals surface area (Å²) in [6.45, 7) is 4.17. The third-order valence-electron chi connectivity index (χ3n) is 8.91. The van der Waals surface area contributed by atoms with Crippen molar-refractivity contribution in [3.8, 4) is 0 Å². The van der Waals surface area contributed by atoms with Gasteiger partial charge in [0.1, 0.15) is 19.8 Å². The molecular formula is C48H83NO8P+. The smallest absolute Gasteiger partial charge is 0.462 e. The topological polar surface area (TPSA) is 108 Å². The lowest BCUT2D eigenvalue weighted by Gasteiger charge is -2.24. The highest BCUT2D eigenvalue weighted by Crippen LogP contribution is 2.43. The molecule has 0 aromatic rings. The van der Waals surface area contributed by atoms with Gasteiger partial charge in [0.25, 0.3) is 0 Å². The molecule has 0 saturated heterocycles. The summed E-state index contributed by atoms with van der Waals surface area (Å²) in [4.78, 5) is 35.3. The van der Waals surface area contributed by atoms with Crippen LogP contribution >= 0.6 is 7.82 Å². The van der Waals surface area contributed by atoms with Crippen LogP contribution in [-0.4, -0.2) is 74.9 Å². The quantitative estimate of drug-likeness (QED) is 0.0214. The number of quaternary nitrogens is 1. The third-order valence-corrected chi connectivity index (χ3v) is 9.89. The first-order valence-electron chi connectivity index (χ1n) is 22.3. The Bertz CT molecular complexity index is 1260. The fraction of sp³-hybridized carbons (Fsp3) is 0.667. The summed E-state index contributed by atoms with van der Waals surface area (Å²) in [7, 11) is 1.41. The molecule has 58 heavy (non-hydrogen) atoms. The molecular weight excluding hydrogens is 750 g/mol. The second-order valence-electron chi connectivity index (χ2n) is 15.7. The van der Waals surface area contributed by atoms with Crippen molar-refractivity contribution in [3.05, 3.63) is 85.1 Å². The molecule has 0 rings (SSSR count). The molecule has 0 aromatic heterocycles. The standard InChI is InChI=1S/C48H82NO8P/c1-6-8-10-12-14-16-18-20-22-24-26-28-30-32-34-36-38-40-47(50)54-44-46(45-56-58(52,53)55-43-42-49(3,4)5)57-48(51)41-39-37-35-33-31-29-27-25-23-21-19-17-15-13-11-9-7-2/h8,10,14,16,20,22,26-29,32-35,46H,6-7,9,11-13,15,17-19,21,23-25,30-31,36-45H2,1-5H3/p+1/b10-8+,16-14+,22-20+,28-26+,29-27+,34-32+,35-33+/t46-/m1/s1. The number of likely N-dealkylation sites (N-methyl/N-ethyl adjacent to an activating group) is 1. The average Bonchev–Trinajstić information content (AvgIpc) is 3.17. The van der Waals surface area contributed by atoms with Gasteiger partial charge in [-0.3, -0.25) is 18.6 Å². The van der Waals surface area contributed by atoms with E-state index >= 15 is 0 Å². The molecule has 2 atom stereocenters. The van der Waals surface area contributed by atoms with Crippen LogP contribution in [0.3, 0.4) is 0 Å². The highest BCUT2D eigenvalue weighted by molar-refractivity contribution is 7.47. The first kappa shape index (κ1) is 55.2. The molecule has 0 aliphatic carbocycles. The highest BCUT2D eigenvalue weighted by atomic mass is 31.2. The predicted octanol–water partition coefficient (Wildman–Crippen LogP) is 12.8. The van der Waals surface area contributed by atoms with Crippen LogP contribution in [0.25, 0.3) is 0 Å². The van der Waals surface area contributed by atoms with E-state index in [2.05, 4.69) is 92.8 Å². The van der Waals surface area contributed by atoms with Crippen LogP contribution in [0.4, 0.5) is 0 Å². The molecule has 0 radical (unpaired) electrons. The number of hydrogen-bond donors (Lipinski definition) is 1. The van der Waals surface area contributed by atoms with Gasteiger partial charge in [0, 0.05) is 12.8 Å². The Kier molecular flexibility index (Phi) is 37.7. The third kappa shape index (κ3) is 42.8. The van der Waals surface area contributed by atoms with Gasteiger partial charge in [0.2, 0.25) is 0 Å². The number of nitrogens with zero attached hydrogens (tertiary/aromatic N) is 1. The molecule has 0 aromatic carbocycles. The predicted molar refractivity (Wildman–Crippen MR) is 242 cm³/mol. The number of carbonyl (C=O) groups excluding carboxylic acids is 2. The number of phosphoric ester groups is 1. The second-order valence-corrected chi connectivity index (χ2v) is 17.1. The van der Waals surface area contributed by atoms with E-state index in [9.17, 15) is 19.0 Å². The molecule has 0 spiro atoms. The first-order chi connectivity index (χ1) is 28.0. The highest BCUT2D eigenvalue weighted by Gasteiger charge is 2.27. The SMILES string of the molecule is CC/C=C/C/C=C/C/C=C/C/C=C/C/C=C/CCCC(=O)OC[C@H](COP(=O)(O)OCC[N+](C)(C)C)OC(=O)CCC/C=C/C/C=C/CCCCCCCCCCC. The molecule has 10 heteroatoms. The van der Waals surface area contributed by atoms with Gasteiger partial charge in [-0.1, -0.05) is 150 Å². The maximum Gasteiger partial charge on any atom is 0.472 e. The van der Waals surface area contributed by atoms with Crippen molar-refractivity contribution >= 4 is 19.8 Å². The number of allylic oxidation sites excluding steroid dienone is 14. The number of unbranched alkanes of at least 4 members (excludes halogenated alkanes) is 11. The van der Waals surface area contributed by atoms with Crippen molar-refractivity contribution in [1.82, 2.24) is 0 Å². The van der Waals surface area contributed by atoms with Gasteiger partial charge in [-0.05, 0) is 77.0 Å². The summed E-state index contributed by atoms with van der Waals surface area (Å²) in [5.74, 6) is -0.928. The molecule has 1 N–H and O–H groups in total. The number of esters is 2. The summed E-state index contributed by atoms with van der Waals surface area (Å²) in [6, 6.07) is 0. The van der Waals surface area contributed by atoms with E-state index in [0.29, 0.717) is 23.9 Å². The van der Waals surface area contributed by atoms with Crippen LogP contribution in [0.5, 0.6) is 0 Å². The van der Waals surface area contributed by atoms with E-state index in [0.717, 1.165) is 57.8 Å². The van der Waals surface area contributed by atoms with Gasteiger partial charge in [-0.25, -0.2) is 4.57 Å². The van der Waals surface area contributed by atoms with Crippen molar-refractivity contribution in [2.24, 2.45) is 0 Å². The largest absolute Gasteiger partial charge is 0.472 e. The van der Waals surface area contributed by atoms with E-state index in [4.69, 9.17) is 18.5 Å². The van der Waals surface area contributed by atoms with Crippen molar-refractivity contribution in [2.75, 3.05) is 47.5 Å². The summed E-state index contributed by atoms with van der Waals surface area (Å²) in [5.41, 5.74) is 0. The Morgan fingerprint density at radius 1 is 0.552 bits per heavy atom. The molecule has 0 bridgehead atoms. The maximum absolute atomic E-state index is 12.7. The van der Waals surface area contributed by atoms with Gasteiger partial charge >= 0.3 is 19.8 Å². The van der Waals surface area contributed by atoms with Crippen molar-refractivity contribution in [2.45, 2.75) is 161 Å². The number of phosphoric acid groups is 1. The van der Waals surface area contributed by atoms with E-state index in [-0.39, 0.29) is 26.1 Å². The number of carbonyl (C=O) groups is 2. The fourth-order valence-corrected chi connectivity index (χ4v) is 6.18. The van der Waals surface area contributed by atoms with Crippen LogP contribution in [0, 0.1) is 0 Å². The summed E-state index contributed by atoms with van der Waals surface area (Å²) in [5, 5.41) is 0. The molecule has 0 aliphatic heterocycles. The number of rotatable bonds is 39. The van der Waals surface area contributed by atoms with Gasteiger partial charge in [-0.15, -0.1) is 0 Å². The zero-order valence-electron chi connectivity index (χ0n) is 37.2. The van der Waals surface area contributed by atoms with Crippen LogP contribution in [-0.2, 0) is 32.7 Å². The maximum atomic E-state index is 12.7. The normalized spacial score (nSPS) is 14.4. The summed E-state index contributed by atoms with van der Waals surface area (Å²) in [6.07, 6.45) is 50.8. The Balaban J connectivity index is 4.53. The molecule has 0 fully saturated rings. The van der Waals surface area contributed by atoms with Gasteiger partial charge in [-0.2, -0.15) is 0 Å². The van der Waals surface area contributed by atoms with Crippen molar-refractivity contribution < 1.29 is 42.1 Å². The van der Waals surface area contributed by atoms with E-state index in [1.807, 2.05) is 27.2 Å². The molecule has 9 nitrogen and oxygen atoms in total. The second kappa shape index (κ2) is 39.6. The van der Waals surface area contributed by atoms with Gasteiger partial charge in [0.15, 0.2) is 6.10 Å². The van der Waals surface area contributed by atoms with Crippen LogP contribution in [0.15, 0.2) is 85.1 Å². The molecule has 0 aliphatic rings. The Labute approximate surface area is 354 Å². The van der Waals surface area contributed by atoms with Crippen LogP contribution in [0.1, 0.15) is 155 Å². The summed E-state index contributed by atoms with van der Waals surface area (Å²) >= 11 is 0. The lowest BCUT2D eigenvalue weighted by Crippen LogP contribution is -2.37.